The lowest BCUT2D eigenvalue weighted by Gasteiger charge is -2.33. The van der Waals surface area contributed by atoms with Gasteiger partial charge in [0.1, 0.15) is 235 Å². The fraction of sp³-hybridized carbons (Fsp3) is 0. The third kappa shape index (κ3) is 7.59. The quantitative estimate of drug-likeness (QED) is 0.122. The summed E-state index contributed by atoms with van der Waals surface area (Å²) in [4.78, 5) is 0. The van der Waals surface area contributed by atoms with Crippen LogP contribution in [0.15, 0.2) is 0 Å². The average Bonchev–Trinajstić information content (AvgIpc) is 4.04. The Balaban J connectivity index is 1.40. The van der Waals surface area contributed by atoms with Crippen molar-refractivity contribution in [2.24, 2.45) is 0 Å². The SMILES string of the molecule is [B]c1c([B])c([B])c(-c2c([B])c([B])c(-c3c([B])c([B])c(-c4c5c([B])c([B])c([B])c([B])c5c(-c5c([B])c([B])c([B])c6c5-c5c(c([B])c7c([B])c([B])c([B])c([B])c7c5[B])[B]6)c5c([B])c([B])c([B])c([B])c45)c([B])c3[B])c([B])c2[B])c([B])c1[B]. The molecule has 10 rings (SSSR count). The van der Waals surface area contributed by atoms with Gasteiger partial charge in [-0.3, -0.25) is 0 Å². The third-order valence-corrected chi connectivity index (χ3v) is 15.6. The number of rotatable bonds is 4. The maximum Gasteiger partial charge on any atom is 0.191 e. The molecule has 1 heterocycles. The molecule has 0 atom stereocenters. The Kier molecular flexibility index (Phi) is 14.5. The third-order valence-electron chi connectivity index (χ3n) is 15.6. The zero-order valence-corrected chi connectivity index (χ0v) is 41.9. The van der Waals surface area contributed by atoms with Crippen LogP contribution in [0.5, 0.6) is 0 Å². The summed E-state index contributed by atoms with van der Waals surface area (Å²) in [5.41, 5.74) is -3.74. The van der Waals surface area contributed by atoms with E-state index in [1.54, 1.807) is 7.28 Å². The molecule has 0 bridgehead atoms. The lowest BCUT2D eigenvalue weighted by molar-refractivity contribution is 1.80. The summed E-state index contributed by atoms with van der Waals surface area (Å²) in [6, 6.07) is 0. The van der Waals surface area contributed by atoms with Crippen molar-refractivity contribution in [3.63, 3.8) is 0 Å². The van der Waals surface area contributed by atoms with E-state index in [0.29, 0.717) is 5.46 Å². The minimum Gasteiger partial charge on any atom is -0.112 e. The normalized spacial score (nSPS) is 11.9. The molecule has 1 aliphatic rings. The van der Waals surface area contributed by atoms with Crippen LogP contribution in [-0.2, 0) is 0 Å². The van der Waals surface area contributed by atoms with Crippen molar-refractivity contribution in [2.75, 3.05) is 0 Å². The maximum atomic E-state index is 7.21. The summed E-state index contributed by atoms with van der Waals surface area (Å²) >= 11 is 0. The van der Waals surface area contributed by atoms with E-state index in [0.717, 1.165) is 0 Å². The van der Waals surface area contributed by atoms with Gasteiger partial charge in [0.15, 0.2) is 7.28 Å². The van der Waals surface area contributed by atoms with Gasteiger partial charge in [0.05, 0.1) is 0 Å². The van der Waals surface area contributed by atoms with Crippen LogP contribution in [0, 0.1) is 0 Å². The molecule has 0 unspecified atom stereocenters. The Morgan fingerprint density at radius 3 is 0.620 bits per heavy atom. The highest BCUT2D eigenvalue weighted by Crippen LogP contribution is 2.42. The van der Waals surface area contributed by atoms with Crippen LogP contribution in [0.2, 0.25) is 0 Å². The van der Waals surface area contributed by atoms with Crippen LogP contribution in [0.3, 0.4) is 0 Å². The second-order valence-corrected chi connectivity index (χ2v) is 19.4. The number of hydrogen-bond donors (Lipinski definition) is 0. The van der Waals surface area contributed by atoms with E-state index >= 15 is 0 Å². The van der Waals surface area contributed by atoms with Gasteiger partial charge in [-0.15, -0.1) is 60.1 Å². The van der Waals surface area contributed by atoms with E-state index in [4.69, 9.17) is 235 Å². The zero-order chi connectivity index (χ0) is 58.4. The van der Waals surface area contributed by atoms with Gasteiger partial charge in [0, 0.05) is 0 Å². The molecule has 9 aromatic rings. The first-order valence-electron chi connectivity index (χ1n) is 23.2. The molecule has 61 radical (unpaired) electrons. The van der Waals surface area contributed by atoms with Crippen molar-refractivity contribution in [1.29, 1.82) is 0 Å². The van der Waals surface area contributed by atoms with E-state index < -0.39 is 0 Å². The molecule has 285 valence electrons. The summed E-state index contributed by atoms with van der Waals surface area (Å²) in [6.45, 7) is 0. The van der Waals surface area contributed by atoms with Crippen LogP contribution in [0.1, 0.15) is 0 Å². The molecule has 0 aliphatic carbocycles. The second kappa shape index (κ2) is 19.7. The molecule has 0 saturated carbocycles. The molecule has 0 fully saturated rings. The molecular formula is C48B31. The molecule has 31 heteroatoms. The van der Waals surface area contributed by atoms with Crippen molar-refractivity contribution in [3.8, 4) is 55.6 Å². The molecule has 0 amide bonds. The number of fused-ring (bicyclic) bond motifs is 6. The summed E-state index contributed by atoms with van der Waals surface area (Å²) in [5.74, 6) is 0. The van der Waals surface area contributed by atoms with Crippen molar-refractivity contribution < 1.29 is 0 Å². The Labute approximate surface area is 501 Å². The predicted molar refractivity (Wildman–Crippen MR) is 373 cm³/mol. The minimum atomic E-state index is -0.293. The van der Waals surface area contributed by atoms with E-state index in [1.807, 2.05) is 0 Å². The lowest BCUT2D eigenvalue weighted by Crippen LogP contribution is -2.57. The fourth-order valence-electron chi connectivity index (χ4n) is 11.3. The Bertz CT molecular complexity index is 4280. The van der Waals surface area contributed by atoms with Crippen LogP contribution < -0.4 is 175 Å². The predicted octanol–water partition coefficient (Wildman–Crippen LogP) is -24.7. The van der Waals surface area contributed by atoms with E-state index in [9.17, 15) is 0 Å². The van der Waals surface area contributed by atoms with Gasteiger partial charge in [-0.25, -0.2) is 0 Å². The van der Waals surface area contributed by atoms with E-state index in [1.165, 1.54) is 0 Å². The molecule has 0 saturated heterocycles. The van der Waals surface area contributed by atoms with Crippen LogP contribution >= 0.6 is 0 Å². The summed E-state index contributed by atoms with van der Waals surface area (Å²) in [6.07, 6.45) is 0. The standard InChI is InChI=1S/C48B31/c49-17-10-15(34(66)41(73)40(72)31(10)63)35(67)48-16(17)8-7(22(54)44(76)46(78)47(8)79-48)1-3-5(20(52)38(70)36(68)18(3)50)2(6-4(1)19(51)37(69)39(71)21(6)53)9-23(55)25(57)11(26(58)24(9)56)12-27(59)29(61)13(30(62)28(12)60)14-32(64)42(74)45(77)43(75)33(14)65. The van der Waals surface area contributed by atoms with Gasteiger partial charge in [0.2, 0.25) is 0 Å². The summed E-state index contributed by atoms with van der Waals surface area (Å²) < 4.78 is 0. The van der Waals surface area contributed by atoms with Gasteiger partial charge in [-0.05, 0) is 88.0 Å². The highest BCUT2D eigenvalue weighted by atomic mass is 14.3. The molecule has 0 N–H and O–H groups in total. The first-order chi connectivity index (χ1) is 36.8. The first-order valence-corrected chi connectivity index (χ1v) is 23.2. The van der Waals surface area contributed by atoms with Crippen molar-refractivity contribution in [1.82, 2.24) is 0 Å². The van der Waals surface area contributed by atoms with Gasteiger partial charge < -0.3 is 0 Å². The number of benzene rings is 9. The highest BCUT2D eigenvalue weighted by Gasteiger charge is 2.35. The first kappa shape index (κ1) is 58.0. The van der Waals surface area contributed by atoms with Crippen molar-refractivity contribution >= 4 is 450 Å². The lowest BCUT2D eigenvalue weighted by atomic mass is 9.54. The molecule has 0 spiro atoms. The molecular weight excluding hydrogens is 912 g/mol. The van der Waals surface area contributed by atoms with Gasteiger partial charge in [0.25, 0.3) is 0 Å². The Morgan fingerprint density at radius 1 is 0.114 bits per heavy atom. The maximum absolute atomic E-state index is 7.21. The molecule has 0 nitrogen and oxygen atoms in total. The second-order valence-electron chi connectivity index (χ2n) is 19.4. The van der Waals surface area contributed by atoms with Crippen LogP contribution in [0.4, 0.5) is 0 Å². The van der Waals surface area contributed by atoms with E-state index in [2.05, 4.69) is 0 Å². The molecule has 1 aliphatic heterocycles. The molecule has 79 heavy (non-hydrogen) atoms. The van der Waals surface area contributed by atoms with E-state index in [-0.39, 0.29) is 257 Å². The van der Waals surface area contributed by atoms with Crippen molar-refractivity contribution in [2.45, 2.75) is 0 Å². The fourth-order valence-corrected chi connectivity index (χ4v) is 11.3. The summed E-state index contributed by atoms with van der Waals surface area (Å²) in [7, 11) is 205. The topological polar surface area (TPSA) is 0 Å². The Morgan fingerprint density at radius 2 is 0.304 bits per heavy atom. The smallest absolute Gasteiger partial charge is 0.112 e. The monoisotopic (exact) mass is 917 g/mol. The van der Waals surface area contributed by atoms with Gasteiger partial charge >= 0.3 is 0 Å². The highest BCUT2D eigenvalue weighted by molar-refractivity contribution is 6.86. The average molecular weight is 912 g/mol. The van der Waals surface area contributed by atoms with Crippen LogP contribution in [0.25, 0.3) is 88.0 Å². The zero-order valence-electron chi connectivity index (χ0n) is 41.9. The van der Waals surface area contributed by atoms with Crippen LogP contribution in [-0.4, -0.2) is 243 Å². The number of hydrogen-bond acceptors (Lipinski definition) is 0. The minimum absolute atomic E-state index is 0.00213. The molecule has 9 aromatic carbocycles. The largest absolute Gasteiger partial charge is 0.191 e. The van der Waals surface area contributed by atoms with Gasteiger partial charge in [-0.1, -0.05) is 115 Å². The summed E-state index contributed by atoms with van der Waals surface area (Å²) in [5, 5.41) is 0.304. The molecule has 0 aromatic heterocycles. The Hall–Kier alpha value is -4.23. The van der Waals surface area contributed by atoms with Gasteiger partial charge in [-0.2, -0.15) is 0 Å². The van der Waals surface area contributed by atoms with Crippen molar-refractivity contribution in [3.05, 3.63) is 0 Å².